The van der Waals surface area contributed by atoms with E-state index < -0.39 is 0 Å². The molecule has 2 aromatic heterocycles. The summed E-state index contributed by atoms with van der Waals surface area (Å²) in [6, 6.07) is 28.2. The number of rotatable bonds is 4. The fourth-order valence-corrected chi connectivity index (χ4v) is 7.02. The standard InChI is InChI=1S/C36H6N14S2/c37-7-19-3-1-17(5-21(19)9-39)29-23(11-41)31-32(33(29)25(13-43)35-49-47-27(15-45)51-35)24(12-42)30(18-2-4-20(8-38)22(6-18)10-40)34(31)26(14-44)36-50-48-28(16-46)52-36/h1-6H/b33-25-,34-26-. The Balaban J connectivity index is 1.86. The third kappa shape index (κ3) is 5.01. The lowest BCUT2D eigenvalue weighted by Gasteiger charge is -2.16. The predicted octanol–water partition coefficient (Wildman–Crippen LogP) is 5.15. The van der Waals surface area contributed by atoms with E-state index in [1.807, 2.05) is 36.4 Å². The fraction of sp³-hybridized carbons (Fsp3) is 0. The van der Waals surface area contributed by atoms with Gasteiger partial charge >= 0.3 is 0 Å². The third-order valence-corrected chi connectivity index (χ3v) is 9.46. The monoisotopic (exact) mass is 698 g/mol. The Labute approximate surface area is 300 Å². The molecule has 0 N–H and O–H groups in total. The van der Waals surface area contributed by atoms with Gasteiger partial charge in [0.05, 0.1) is 44.5 Å². The van der Waals surface area contributed by atoms with Crippen LogP contribution in [-0.4, -0.2) is 20.4 Å². The summed E-state index contributed by atoms with van der Waals surface area (Å²) < 4.78 is 0. The Hall–Kier alpha value is -8.84. The van der Waals surface area contributed by atoms with Gasteiger partial charge in [0, 0.05) is 33.4 Å². The molecule has 6 rings (SSSR count). The number of benzene rings is 2. The lowest BCUT2D eigenvalue weighted by molar-refractivity contribution is 1.06. The van der Waals surface area contributed by atoms with Crippen molar-refractivity contribution in [2.45, 2.75) is 0 Å². The largest absolute Gasteiger partial charge is 0.218 e. The van der Waals surface area contributed by atoms with Gasteiger partial charge < -0.3 is 0 Å². The highest BCUT2D eigenvalue weighted by Crippen LogP contribution is 2.59. The van der Waals surface area contributed by atoms with Crippen LogP contribution in [0.25, 0.3) is 22.3 Å². The highest BCUT2D eigenvalue weighted by Gasteiger charge is 2.45. The highest BCUT2D eigenvalue weighted by atomic mass is 32.1. The first kappa shape index (κ1) is 33.1. The van der Waals surface area contributed by atoms with Gasteiger partial charge in [0.2, 0.25) is 10.0 Å². The first-order valence-electron chi connectivity index (χ1n) is 14.1. The number of nitrogens with zero attached hydrogens (tertiary/aromatic N) is 14. The molecule has 0 bridgehead atoms. The van der Waals surface area contributed by atoms with E-state index in [1.54, 1.807) is 0 Å². The molecule has 0 fully saturated rings. The van der Waals surface area contributed by atoms with Gasteiger partial charge in [-0.1, -0.05) is 34.8 Å². The van der Waals surface area contributed by atoms with Crippen molar-refractivity contribution >= 4 is 45.0 Å². The van der Waals surface area contributed by atoms with E-state index in [4.69, 9.17) is 0 Å². The molecule has 0 unspecified atom stereocenters. The summed E-state index contributed by atoms with van der Waals surface area (Å²) in [5.74, 6) is 0. The molecule has 0 saturated carbocycles. The first-order chi connectivity index (χ1) is 25.4. The Bertz CT molecular complexity index is 2760. The molecule has 0 aliphatic heterocycles. The quantitative estimate of drug-likeness (QED) is 0.249. The Kier molecular flexibility index (Phi) is 8.49. The van der Waals surface area contributed by atoms with Crippen LogP contribution in [0.2, 0.25) is 0 Å². The summed E-state index contributed by atoms with van der Waals surface area (Å²) in [5.41, 5.74) is -0.302. The maximum absolute atomic E-state index is 10.9. The number of hydrogen-bond donors (Lipinski definition) is 0. The van der Waals surface area contributed by atoms with Crippen molar-refractivity contribution in [2.75, 3.05) is 0 Å². The van der Waals surface area contributed by atoms with Crippen LogP contribution in [0.5, 0.6) is 0 Å². The molecule has 4 aromatic rings. The van der Waals surface area contributed by atoms with Crippen molar-refractivity contribution in [1.29, 1.82) is 52.6 Å². The molecular formula is C36H6N14S2. The minimum absolute atomic E-state index is 0.00724. The van der Waals surface area contributed by atoms with Crippen LogP contribution >= 0.6 is 22.7 Å². The molecule has 0 spiro atoms. The predicted molar refractivity (Wildman–Crippen MR) is 178 cm³/mol. The fourth-order valence-electron chi connectivity index (χ4n) is 5.74. The number of nitriles is 10. The van der Waals surface area contributed by atoms with Crippen LogP contribution in [-0.2, 0) is 0 Å². The second-order valence-corrected chi connectivity index (χ2v) is 12.2. The maximum atomic E-state index is 10.9. The molecule has 16 heteroatoms. The zero-order chi connectivity index (χ0) is 37.1. The molecule has 0 saturated heterocycles. The normalized spacial score (nSPS) is 14.6. The Morgan fingerprint density at radius 3 is 1.10 bits per heavy atom. The lowest BCUT2D eigenvalue weighted by Crippen LogP contribution is -2.02. The average molecular weight is 699 g/mol. The minimum atomic E-state index is -0.207. The molecule has 2 aliphatic rings. The van der Waals surface area contributed by atoms with E-state index >= 15 is 0 Å². The average Bonchev–Trinajstić information content (AvgIpc) is 3.99. The van der Waals surface area contributed by atoms with Crippen LogP contribution in [0.15, 0.2) is 69.8 Å². The van der Waals surface area contributed by atoms with Crippen molar-refractivity contribution in [3.63, 3.8) is 0 Å². The highest BCUT2D eigenvalue weighted by molar-refractivity contribution is 7.13. The molecular weight excluding hydrogens is 693 g/mol. The zero-order valence-corrected chi connectivity index (χ0v) is 27.2. The van der Waals surface area contributed by atoms with Gasteiger partial charge in [-0.15, -0.1) is 20.4 Å². The third-order valence-electron chi connectivity index (χ3n) is 7.76. The van der Waals surface area contributed by atoms with Gasteiger partial charge in [-0.05, 0) is 35.4 Å². The van der Waals surface area contributed by atoms with Crippen LogP contribution in [0.3, 0.4) is 0 Å². The van der Waals surface area contributed by atoms with Gasteiger partial charge in [-0.25, -0.2) is 0 Å². The molecule has 2 aliphatic carbocycles. The number of allylic oxidation sites excluding steroid dienone is 10. The maximum Gasteiger partial charge on any atom is 0.218 e. The van der Waals surface area contributed by atoms with Crippen LogP contribution < -0.4 is 0 Å². The van der Waals surface area contributed by atoms with Crippen LogP contribution in [0.1, 0.15) is 53.4 Å². The topological polar surface area (TPSA) is 289 Å². The Morgan fingerprint density at radius 2 is 0.808 bits per heavy atom. The summed E-state index contributed by atoms with van der Waals surface area (Å²) in [6.07, 6.45) is 0. The Morgan fingerprint density at radius 1 is 0.423 bits per heavy atom. The van der Waals surface area contributed by atoms with E-state index in [0.717, 1.165) is 22.7 Å². The zero-order valence-electron chi connectivity index (χ0n) is 25.5. The molecule has 0 radical (unpaired) electrons. The summed E-state index contributed by atoms with van der Waals surface area (Å²) in [4.78, 5) is 0. The number of hydrogen-bond acceptors (Lipinski definition) is 16. The molecule has 14 nitrogen and oxygen atoms in total. The second kappa shape index (κ2) is 13.3. The summed E-state index contributed by atoms with van der Waals surface area (Å²) in [7, 11) is 0. The van der Waals surface area contributed by atoms with Gasteiger partial charge in [-0.3, -0.25) is 0 Å². The first-order valence-corrected chi connectivity index (χ1v) is 15.7. The second-order valence-electron chi connectivity index (χ2n) is 10.2. The van der Waals surface area contributed by atoms with E-state index in [2.05, 4.69) is 44.7 Å². The van der Waals surface area contributed by atoms with Gasteiger partial charge in [-0.2, -0.15) is 52.6 Å². The van der Waals surface area contributed by atoms with Gasteiger partial charge in [0.1, 0.15) is 60.7 Å². The molecule has 2 heterocycles. The molecule has 232 valence electrons. The lowest BCUT2D eigenvalue weighted by atomic mass is 9.84. The van der Waals surface area contributed by atoms with E-state index in [9.17, 15) is 52.6 Å². The summed E-state index contributed by atoms with van der Waals surface area (Å²) >= 11 is 1.54. The molecule has 0 atom stereocenters. The van der Waals surface area contributed by atoms with E-state index in [-0.39, 0.29) is 109 Å². The summed E-state index contributed by atoms with van der Waals surface area (Å²) in [6.45, 7) is 0. The smallest absolute Gasteiger partial charge is 0.192 e. The van der Waals surface area contributed by atoms with Crippen LogP contribution in [0.4, 0.5) is 0 Å². The van der Waals surface area contributed by atoms with Gasteiger partial charge in [0.25, 0.3) is 0 Å². The van der Waals surface area contributed by atoms with E-state index in [1.165, 1.54) is 36.4 Å². The van der Waals surface area contributed by atoms with Crippen LogP contribution in [0, 0.1) is 113 Å². The van der Waals surface area contributed by atoms with Crippen molar-refractivity contribution in [2.24, 2.45) is 0 Å². The van der Waals surface area contributed by atoms with E-state index in [0.29, 0.717) is 0 Å². The van der Waals surface area contributed by atoms with Crippen molar-refractivity contribution < 1.29 is 0 Å². The van der Waals surface area contributed by atoms with Crippen molar-refractivity contribution in [1.82, 2.24) is 20.4 Å². The minimum Gasteiger partial charge on any atom is -0.192 e. The van der Waals surface area contributed by atoms with Crippen molar-refractivity contribution in [3.05, 3.63) is 123 Å². The molecule has 52 heavy (non-hydrogen) atoms. The molecule has 2 aromatic carbocycles. The van der Waals surface area contributed by atoms with Crippen molar-refractivity contribution in [3.8, 4) is 60.7 Å². The molecule has 0 amide bonds. The SMILES string of the molecule is N#CC1=C(c2ccc(C#N)c(C#N)c2)/C(=C(\C#N)c2nnc(C#N)s2)C2=C1/C(=C(/C#N)c1nnc(C#N)s1)C(c1ccc(C#N)c(C#N)c1)=C2C#N. The summed E-state index contributed by atoms with van der Waals surface area (Å²) in [5, 5.41) is 117. The van der Waals surface area contributed by atoms with Gasteiger partial charge in [0.15, 0.2) is 10.0 Å². The number of aromatic nitrogens is 4.